The summed E-state index contributed by atoms with van der Waals surface area (Å²) < 4.78 is 5.23. The molecule has 1 unspecified atom stereocenters. The summed E-state index contributed by atoms with van der Waals surface area (Å²) in [5.74, 6) is 0.755. The summed E-state index contributed by atoms with van der Waals surface area (Å²) in [7, 11) is 5.64. The number of methoxy groups -OCH3 is 1. The van der Waals surface area contributed by atoms with Crippen molar-refractivity contribution in [1.82, 2.24) is 4.98 Å². The molecule has 0 aliphatic heterocycles. The van der Waals surface area contributed by atoms with Crippen LogP contribution in [0.1, 0.15) is 11.8 Å². The van der Waals surface area contributed by atoms with Crippen molar-refractivity contribution in [3.63, 3.8) is 0 Å². The molecule has 1 rings (SSSR count). The standard InChI is InChI=1S/C9H15BrN2OS/c1-6(10)5-7-8(13-4)11-9(14-7)12(2)3/h6H,5H2,1-4H3. The molecular weight excluding hydrogens is 264 g/mol. The van der Waals surface area contributed by atoms with Gasteiger partial charge in [0.1, 0.15) is 0 Å². The largest absolute Gasteiger partial charge is 0.480 e. The minimum Gasteiger partial charge on any atom is -0.480 e. The van der Waals surface area contributed by atoms with Gasteiger partial charge >= 0.3 is 0 Å². The van der Waals surface area contributed by atoms with Crippen molar-refractivity contribution in [2.75, 3.05) is 26.1 Å². The SMILES string of the molecule is COc1nc(N(C)C)sc1CC(C)Br. The van der Waals surface area contributed by atoms with Crippen molar-refractivity contribution < 1.29 is 4.74 Å². The Labute approximate surface area is 97.2 Å². The quantitative estimate of drug-likeness (QED) is 0.792. The highest BCUT2D eigenvalue weighted by atomic mass is 79.9. The van der Waals surface area contributed by atoms with Crippen LogP contribution in [0.5, 0.6) is 5.88 Å². The number of thiazole rings is 1. The van der Waals surface area contributed by atoms with Crippen molar-refractivity contribution >= 4 is 32.4 Å². The van der Waals surface area contributed by atoms with E-state index in [2.05, 4.69) is 27.8 Å². The summed E-state index contributed by atoms with van der Waals surface area (Å²) in [5.41, 5.74) is 0. The zero-order valence-corrected chi connectivity index (χ0v) is 11.3. The maximum Gasteiger partial charge on any atom is 0.229 e. The van der Waals surface area contributed by atoms with E-state index in [0.717, 1.165) is 17.4 Å². The highest BCUT2D eigenvalue weighted by Crippen LogP contribution is 2.32. The Hall–Kier alpha value is -0.290. The number of ether oxygens (including phenoxy) is 1. The van der Waals surface area contributed by atoms with Gasteiger partial charge in [0.15, 0.2) is 5.13 Å². The van der Waals surface area contributed by atoms with E-state index in [1.54, 1.807) is 18.4 Å². The molecule has 0 fully saturated rings. The van der Waals surface area contributed by atoms with Crippen molar-refractivity contribution in [2.24, 2.45) is 0 Å². The molecule has 1 aromatic rings. The zero-order valence-electron chi connectivity index (χ0n) is 8.87. The molecule has 0 aliphatic carbocycles. The molecule has 1 atom stereocenters. The monoisotopic (exact) mass is 278 g/mol. The van der Waals surface area contributed by atoms with Crippen LogP contribution in [-0.4, -0.2) is 31.0 Å². The summed E-state index contributed by atoms with van der Waals surface area (Å²) in [6.45, 7) is 2.12. The molecule has 0 radical (unpaired) electrons. The van der Waals surface area contributed by atoms with Crippen LogP contribution in [-0.2, 0) is 6.42 Å². The van der Waals surface area contributed by atoms with E-state index in [4.69, 9.17) is 4.74 Å². The highest BCUT2D eigenvalue weighted by Gasteiger charge is 2.14. The lowest BCUT2D eigenvalue weighted by Gasteiger charge is -2.04. The highest BCUT2D eigenvalue weighted by molar-refractivity contribution is 9.09. The van der Waals surface area contributed by atoms with Gasteiger partial charge in [-0.2, -0.15) is 4.98 Å². The fourth-order valence-electron chi connectivity index (χ4n) is 1.06. The van der Waals surface area contributed by atoms with Crippen LogP contribution in [0, 0.1) is 0 Å². The topological polar surface area (TPSA) is 25.4 Å². The average molecular weight is 279 g/mol. The van der Waals surface area contributed by atoms with E-state index in [1.165, 1.54) is 4.88 Å². The Morgan fingerprint density at radius 2 is 2.21 bits per heavy atom. The van der Waals surface area contributed by atoms with Gasteiger partial charge in [-0.05, 0) is 6.42 Å². The molecule has 0 aromatic carbocycles. The molecule has 80 valence electrons. The number of hydrogen-bond acceptors (Lipinski definition) is 4. The van der Waals surface area contributed by atoms with Gasteiger partial charge in [0.05, 0.1) is 12.0 Å². The summed E-state index contributed by atoms with van der Waals surface area (Å²) in [4.78, 5) is 8.02. The van der Waals surface area contributed by atoms with Crippen LogP contribution < -0.4 is 9.64 Å². The van der Waals surface area contributed by atoms with Crippen LogP contribution in [0.15, 0.2) is 0 Å². The van der Waals surface area contributed by atoms with E-state index < -0.39 is 0 Å². The zero-order chi connectivity index (χ0) is 10.7. The van der Waals surface area contributed by atoms with Gasteiger partial charge in [0.2, 0.25) is 5.88 Å². The minimum absolute atomic E-state index is 0.451. The number of halogens is 1. The molecule has 1 heterocycles. The van der Waals surface area contributed by atoms with E-state index in [0.29, 0.717) is 4.83 Å². The lowest BCUT2D eigenvalue weighted by molar-refractivity contribution is 0.396. The van der Waals surface area contributed by atoms with Crippen molar-refractivity contribution in [3.05, 3.63) is 4.88 Å². The smallest absolute Gasteiger partial charge is 0.229 e. The summed E-state index contributed by atoms with van der Waals surface area (Å²) in [6.07, 6.45) is 0.953. The predicted molar refractivity (Wildman–Crippen MR) is 65.1 cm³/mol. The molecule has 0 spiro atoms. The van der Waals surface area contributed by atoms with E-state index in [1.807, 2.05) is 19.0 Å². The molecule has 14 heavy (non-hydrogen) atoms. The van der Waals surface area contributed by atoms with Crippen LogP contribution in [0.25, 0.3) is 0 Å². The third kappa shape index (κ3) is 2.85. The number of rotatable bonds is 4. The lowest BCUT2D eigenvalue weighted by Crippen LogP contribution is -2.07. The summed E-state index contributed by atoms with van der Waals surface area (Å²) >= 11 is 5.21. The Balaban J connectivity index is 2.90. The average Bonchev–Trinajstić information content (AvgIpc) is 2.46. The Morgan fingerprint density at radius 3 is 2.64 bits per heavy atom. The van der Waals surface area contributed by atoms with Gasteiger partial charge in [0, 0.05) is 18.9 Å². The second-order valence-electron chi connectivity index (χ2n) is 3.31. The first kappa shape index (κ1) is 11.8. The van der Waals surface area contributed by atoms with Crippen molar-refractivity contribution in [3.8, 4) is 5.88 Å². The third-order valence-corrected chi connectivity index (χ3v) is 3.24. The molecule has 5 heteroatoms. The maximum absolute atomic E-state index is 5.23. The molecule has 0 saturated carbocycles. The second-order valence-corrected chi connectivity index (χ2v) is 5.93. The minimum atomic E-state index is 0.451. The van der Waals surface area contributed by atoms with Crippen LogP contribution in [0.3, 0.4) is 0 Å². The molecular formula is C9H15BrN2OS. The molecule has 0 saturated heterocycles. The molecule has 1 aromatic heterocycles. The number of hydrogen-bond donors (Lipinski definition) is 0. The van der Waals surface area contributed by atoms with Gasteiger partial charge in [-0.25, -0.2) is 0 Å². The lowest BCUT2D eigenvalue weighted by atomic mass is 10.3. The first-order valence-corrected chi connectivity index (χ1v) is 6.13. The Kier molecular flexibility index (Phi) is 4.19. The first-order chi connectivity index (χ1) is 6.54. The van der Waals surface area contributed by atoms with Crippen molar-refractivity contribution in [2.45, 2.75) is 18.2 Å². The number of anilines is 1. The van der Waals surface area contributed by atoms with Gasteiger partial charge in [-0.15, -0.1) is 0 Å². The summed E-state index contributed by atoms with van der Waals surface area (Å²) in [5, 5.41) is 0.991. The number of aromatic nitrogens is 1. The van der Waals surface area contributed by atoms with Crippen LogP contribution >= 0.6 is 27.3 Å². The Bertz CT molecular complexity index is 299. The molecule has 0 aliphatic rings. The molecule has 3 nitrogen and oxygen atoms in total. The molecule has 0 N–H and O–H groups in total. The Morgan fingerprint density at radius 1 is 1.57 bits per heavy atom. The predicted octanol–water partition coefficient (Wildman–Crippen LogP) is 2.54. The number of alkyl halides is 1. The number of nitrogens with zero attached hydrogens (tertiary/aromatic N) is 2. The van der Waals surface area contributed by atoms with E-state index in [9.17, 15) is 0 Å². The van der Waals surface area contributed by atoms with Gasteiger partial charge in [0.25, 0.3) is 0 Å². The van der Waals surface area contributed by atoms with Crippen molar-refractivity contribution in [1.29, 1.82) is 0 Å². The molecule has 0 amide bonds. The second kappa shape index (κ2) is 4.98. The normalized spacial score (nSPS) is 12.6. The van der Waals surface area contributed by atoms with Gasteiger partial charge < -0.3 is 9.64 Å². The van der Waals surface area contributed by atoms with E-state index >= 15 is 0 Å². The molecule has 0 bridgehead atoms. The van der Waals surface area contributed by atoms with Crippen LogP contribution in [0.4, 0.5) is 5.13 Å². The van der Waals surface area contributed by atoms with Gasteiger partial charge in [-0.1, -0.05) is 34.2 Å². The van der Waals surface area contributed by atoms with E-state index in [-0.39, 0.29) is 0 Å². The maximum atomic E-state index is 5.23. The first-order valence-electron chi connectivity index (χ1n) is 4.39. The fraction of sp³-hybridized carbons (Fsp3) is 0.667. The fourth-order valence-corrected chi connectivity index (χ4v) is 2.68. The summed E-state index contributed by atoms with van der Waals surface area (Å²) in [6, 6.07) is 0. The third-order valence-electron chi connectivity index (χ3n) is 1.69. The van der Waals surface area contributed by atoms with Gasteiger partial charge in [-0.3, -0.25) is 0 Å². The van der Waals surface area contributed by atoms with Crippen LogP contribution in [0.2, 0.25) is 0 Å².